The van der Waals surface area contributed by atoms with Crippen LogP contribution in [0, 0.1) is 17.7 Å². The van der Waals surface area contributed by atoms with Crippen molar-refractivity contribution in [1.82, 2.24) is 16.0 Å². The molecule has 0 aliphatic rings. The number of ketones is 3. The van der Waals surface area contributed by atoms with E-state index in [1.807, 2.05) is 79.7 Å². The number of carbonyl (C=O) groups is 8. The Morgan fingerprint density at radius 2 is 1.15 bits per heavy atom. The SMILES string of the molecule is CCCCCOc1ccc(CCC[C@H](NC(=O)[C@@H](CC(=O)[C@H](CC(=O)OC(C)(C)C)NC(=O)[C@H](COC(C)(C)C)CC(=O)[C@@H](NC(=O)[C@@](C)(N)Cc2ccccc2F)[C@@H](C)OC(C)(C)C)Cc2ccc(-c3ccc(OC)cc3CC)cc2)C(=O)CC(c2ccc(OCC(N)=O)cc2)c2ccc(OC)cc2OC)cc1. The van der Waals surface area contributed by atoms with Crippen LogP contribution in [-0.4, -0.2) is 135 Å². The third-order valence-corrected chi connectivity index (χ3v) is 18.5. The van der Waals surface area contributed by atoms with Gasteiger partial charge in [0, 0.05) is 49.1 Å². The number of amides is 4. The molecule has 109 heavy (non-hydrogen) atoms. The maximum Gasteiger partial charge on any atom is 0.308 e. The zero-order valence-corrected chi connectivity index (χ0v) is 66.6. The number of hydrogen-bond donors (Lipinski definition) is 5. The predicted molar refractivity (Wildman–Crippen MR) is 419 cm³/mol. The van der Waals surface area contributed by atoms with Crippen molar-refractivity contribution >= 4 is 46.9 Å². The molecular weight excluding hydrogens is 1390 g/mol. The number of carbonyl (C=O) groups excluding carboxylic acids is 8. The van der Waals surface area contributed by atoms with Crippen LogP contribution in [0.5, 0.6) is 28.7 Å². The molecule has 8 atom stereocenters. The van der Waals surface area contributed by atoms with Crippen LogP contribution < -0.4 is 51.1 Å². The second kappa shape index (κ2) is 41.3. The minimum atomic E-state index is -1.75. The fourth-order valence-corrected chi connectivity index (χ4v) is 12.8. The summed E-state index contributed by atoms with van der Waals surface area (Å²) in [5.74, 6) is -6.91. The number of primary amides is 1. The molecule has 0 aliphatic heterocycles. The second-order valence-corrected chi connectivity index (χ2v) is 31.2. The molecule has 0 aromatic heterocycles. The quantitative estimate of drug-likeness (QED) is 0.0175. The highest BCUT2D eigenvalue weighted by molar-refractivity contribution is 5.99. The highest BCUT2D eigenvalue weighted by atomic mass is 19.1. The Hall–Kier alpha value is -9.51. The molecule has 6 aromatic carbocycles. The highest BCUT2D eigenvalue weighted by Gasteiger charge is 2.41. The number of benzene rings is 6. The number of nitrogens with one attached hydrogen (secondary N) is 3. The van der Waals surface area contributed by atoms with Crippen molar-refractivity contribution in [3.8, 4) is 39.9 Å². The summed E-state index contributed by atoms with van der Waals surface area (Å²) in [6, 6.07) is 34.9. The molecule has 6 rings (SSSR count). The molecule has 4 amide bonds. The first kappa shape index (κ1) is 88.4. The van der Waals surface area contributed by atoms with Gasteiger partial charge in [-0.2, -0.15) is 0 Å². The highest BCUT2D eigenvalue weighted by Crippen LogP contribution is 2.39. The molecule has 22 heteroatoms. The van der Waals surface area contributed by atoms with Gasteiger partial charge in [-0.05, 0) is 202 Å². The number of esters is 1. The van der Waals surface area contributed by atoms with Crippen molar-refractivity contribution in [2.24, 2.45) is 23.3 Å². The molecule has 0 fully saturated rings. The summed E-state index contributed by atoms with van der Waals surface area (Å²) in [5.41, 5.74) is 13.4. The standard InChI is InChI=1S/C87H116FN5O16/c1-17-19-22-44-105-64-36-30-56(31-37-64)24-23-27-72(75(95)50-70(69-43-41-67(103-15)49-77(69)104-16)60-34-38-65(39-35-60)106-54-78(89)97)91-81(99)62(45-57-28-32-59(33-29-57)68-42-40-66(102-14)46-58(68)18-2)47-74(94)73(51-79(98)109-86(10,11)12)92-82(100)63(53-107-84(4,5)6)48-76(96)80(55(3)108-85(7,8)9)93-83(101)87(13,90)52-61-25-20-21-26-71(61)88/h20-21,25-26,28-43,46,49,55,62-63,70,72-73,80H,17-19,22-24,27,44-45,47-48,50-54,90H2,1-16H3,(H2,89,97)(H,91,99)(H,92,100)(H,93,101)/t55-,62-,63+,70?,72+,73+,80+,87+/m1/s1. The Kier molecular flexibility index (Phi) is 33.5. The molecule has 0 radical (unpaired) electrons. The van der Waals surface area contributed by atoms with Crippen LogP contribution in [0.25, 0.3) is 11.1 Å². The lowest BCUT2D eigenvalue weighted by atomic mass is 9.84. The van der Waals surface area contributed by atoms with E-state index in [2.05, 4.69) is 22.9 Å². The summed E-state index contributed by atoms with van der Waals surface area (Å²) in [5, 5.41) is 8.69. The first-order chi connectivity index (χ1) is 51.4. The van der Waals surface area contributed by atoms with Gasteiger partial charge in [-0.15, -0.1) is 0 Å². The summed E-state index contributed by atoms with van der Waals surface area (Å²) in [4.78, 5) is 118. The van der Waals surface area contributed by atoms with Crippen LogP contribution >= 0.6 is 0 Å². The molecule has 0 spiro atoms. The van der Waals surface area contributed by atoms with Crippen LogP contribution in [0.15, 0.2) is 133 Å². The Morgan fingerprint density at radius 3 is 1.75 bits per heavy atom. The fourth-order valence-electron chi connectivity index (χ4n) is 12.8. The number of hydrogen-bond acceptors (Lipinski definition) is 17. The molecule has 0 saturated carbocycles. The van der Waals surface area contributed by atoms with Gasteiger partial charge in [0.15, 0.2) is 24.0 Å². The third kappa shape index (κ3) is 29.1. The average Bonchev–Trinajstić information content (AvgIpc) is 0.815. The zero-order valence-electron chi connectivity index (χ0n) is 66.6. The zero-order chi connectivity index (χ0) is 80.4. The van der Waals surface area contributed by atoms with Crippen LogP contribution in [-0.2, 0) is 78.3 Å². The van der Waals surface area contributed by atoms with Crippen molar-refractivity contribution in [2.45, 2.75) is 226 Å². The Bertz CT molecular complexity index is 3990. The number of halogens is 1. The fraction of sp³-hybridized carbons (Fsp3) is 0.494. The largest absolute Gasteiger partial charge is 0.497 e. The molecule has 0 bridgehead atoms. The van der Waals surface area contributed by atoms with Crippen molar-refractivity contribution in [3.05, 3.63) is 173 Å². The monoisotopic (exact) mass is 1510 g/mol. The van der Waals surface area contributed by atoms with E-state index in [9.17, 15) is 14.4 Å². The minimum absolute atomic E-state index is 0.0710. The van der Waals surface area contributed by atoms with Gasteiger partial charge < -0.3 is 65.3 Å². The van der Waals surface area contributed by atoms with E-state index in [4.69, 9.17) is 49.4 Å². The molecular formula is C87H116FN5O16. The summed E-state index contributed by atoms with van der Waals surface area (Å²) >= 11 is 0. The lowest BCUT2D eigenvalue weighted by molar-refractivity contribution is -0.156. The van der Waals surface area contributed by atoms with E-state index in [0.717, 1.165) is 47.3 Å². The van der Waals surface area contributed by atoms with Gasteiger partial charge in [-0.3, -0.25) is 38.4 Å². The lowest BCUT2D eigenvalue weighted by Crippen LogP contribution is -2.60. The molecule has 7 N–H and O–H groups in total. The molecule has 0 heterocycles. The van der Waals surface area contributed by atoms with E-state index in [-0.39, 0.29) is 50.2 Å². The molecule has 6 aromatic rings. The summed E-state index contributed by atoms with van der Waals surface area (Å²) in [6.07, 6.45) is 1.38. The van der Waals surface area contributed by atoms with Crippen LogP contribution in [0.2, 0.25) is 0 Å². The molecule has 0 saturated heterocycles. The third-order valence-electron chi connectivity index (χ3n) is 18.5. The molecule has 1 unspecified atom stereocenters. The smallest absolute Gasteiger partial charge is 0.308 e. The number of rotatable bonds is 44. The van der Waals surface area contributed by atoms with E-state index < -0.39 is 131 Å². The second-order valence-electron chi connectivity index (χ2n) is 31.2. The first-order valence-electron chi connectivity index (χ1n) is 37.7. The molecule has 0 aliphatic carbocycles. The number of aryl methyl sites for hydroxylation is 2. The maximum atomic E-state index is 15.9. The average molecular weight is 1510 g/mol. The summed E-state index contributed by atoms with van der Waals surface area (Å²) in [7, 11) is 4.64. The maximum absolute atomic E-state index is 15.9. The number of Topliss-reactive ketones (excluding diaryl/α,β-unsaturated/α-hetero) is 3. The van der Waals surface area contributed by atoms with E-state index >= 15 is 28.4 Å². The number of nitrogens with two attached hydrogens (primary N) is 2. The van der Waals surface area contributed by atoms with E-state index in [1.165, 1.54) is 39.3 Å². The van der Waals surface area contributed by atoms with E-state index in [1.54, 1.807) is 119 Å². The Labute approximate surface area is 643 Å². The predicted octanol–water partition coefficient (Wildman–Crippen LogP) is 13.2. The Balaban J connectivity index is 1.44. The first-order valence-corrected chi connectivity index (χ1v) is 37.7. The van der Waals surface area contributed by atoms with Gasteiger partial charge in [0.05, 0.1) is 81.8 Å². The van der Waals surface area contributed by atoms with Crippen LogP contribution in [0.1, 0.15) is 187 Å². The van der Waals surface area contributed by atoms with E-state index in [0.29, 0.717) is 65.6 Å². The van der Waals surface area contributed by atoms with Crippen molar-refractivity contribution in [2.75, 3.05) is 41.2 Å². The number of unbranched alkanes of at least 4 members (excludes halogenated alkanes) is 2. The minimum Gasteiger partial charge on any atom is -0.497 e. The number of methoxy groups -OCH3 is 3. The van der Waals surface area contributed by atoms with Crippen LogP contribution in [0.3, 0.4) is 0 Å². The van der Waals surface area contributed by atoms with Crippen LogP contribution in [0.4, 0.5) is 4.39 Å². The van der Waals surface area contributed by atoms with Gasteiger partial charge >= 0.3 is 5.97 Å². The molecule has 21 nitrogen and oxygen atoms in total. The lowest BCUT2D eigenvalue weighted by Gasteiger charge is -2.34. The van der Waals surface area contributed by atoms with Crippen molar-refractivity contribution in [3.63, 3.8) is 0 Å². The van der Waals surface area contributed by atoms with Crippen molar-refractivity contribution < 1.29 is 80.6 Å². The van der Waals surface area contributed by atoms with Gasteiger partial charge in [0.2, 0.25) is 17.7 Å². The molecule has 592 valence electrons. The topological polar surface area (TPSA) is 299 Å². The normalized spacial score (nSPS) is 14.2. The van der Waals surface area contributed by atoms with Gasteiger partial charge in [0.25, 0.3) is 5.91 Å². The van der Waals surface area contributed by atoms with Gasteiger partial charge in [-0.1, -0.05) is 106 Å². The Morgan fingerprint density at radius 1 is 0.560 bits per heavy atom. The summed E-state index contributed by atoms with van der Waals surface area (Å²) in [6.45, 7) is 22.5. The van der Waals surface area contributed by atoms with Gasteiger partial charge in [0.1, 0.15) is 46.2 Å². The van der Waals surface area contributed by atoms with Crippen molar-refractivity contribution in [1.29, 1.82) is 0 Å². The van der Waals surface area contributed by atoms with Gasteiger partial charge in [-0.25, -0.2) is 4.39 Å². The summed E-state index contributed by atoms with van der Waals surface area (Å²) < 4.78 is 62.0. The number of ether oxygens (including phenoxy) is 8.